The van der Waals surface area contributed by atoms with Crippen molar-refractivity contribution in [3.8, 4) is 11.1 Å². The number of rotatable bonds is 7. The van der Waals surface area contributed by atoms with Crippen LogP contribution in [0.1, 0.15) is 83.8 Å². The van der Waals surface area contributed by atoms with Crippen LogP contribution in [0.4, 0.5) is 15.8 Å². The van der Waals surface area contributed by atoms with Gasteiger partial charge < -0.3 is 25.3 Å². The third kappa shape index (κ3) is 5.78. The molecule has 1 aliphatic carbocycles. The molecule has 0 atom stereocenters. The lowest BCUT2D eigenvalue weighted by Gasteiger charge is -2.37. The monoisotopic (exact) mass is 614 g/mol. The Morgan fingerprint density at radius 2 is 1.76 bits per heavy atom. The normalized spacial score (nSPS) is 21.4. The summed E-state index contributed by atoms with van der Waals surface area (Å²) in [6.07, 6.45) is 2.75. The number of carbonyl (C=O) groups excluding carboxylic acids is 2. The van der Waals surface area contributed by atoms with E-state index >= 15 is 0 Å². The highest BCUT2D eigenvalue weighted by molar-refractivity contribution is 6.07. The van der Waals surface area contributed by atoms with Crippen molar-refractivity contribution < 1.29 is 18.7 Å². The van der Waals surface area contributed by atoms with Gasteiger partial charge in [0.25, 0.3) is 11.5 Å². The molecule has 6 rings (SSSR count). The number of nitrogens with zero attached hydrogens (tertiary/aromatic N) is 1. The van der Waals surface area contributed by atoms with E-state index in [-0.39, 0.29) is 30.0 Å². The van der Waals surface area contributed by atoms with Gasteiger partial charge in [-0.1, -0.05) is 12.1 Å². The molecular formula is C36H43FN4O4. The van der Waals surface area contributed by atoms with Crippen molar-refractivity contribution >= 4 is 23.2 Å². The Kier molecular flexibility index (Phi) is 8.57. The summed E-state index contributed by atoms with van der Waals surface area (Å²) in [7, 11) is 0. The van der Waals surface area contributed by atoms with Gasteiger partial charge >= 0.3 is 0 Å². The lowest BCUT2D eigenvalue weighted by molar-refractivity contribution is -0.122. The SMILES string of the molecule is CCN(c1cc(-c2ccc3c(c2)NC(=O)C32CCC(F)CC2)cc(C(=O)NCc2c(C)cc(C)[nH]c2=O)c1C)C1CCOCC1. The molecule has 3 aromatic rings. The molecule has 3 aliphatic rings. The van der Waals surface area contributed by atoms with Gasteiger partial charge in [-0.25, -0.2) is 4.39 Å². The zero-order valence-corrected chi connectivity index (χ0v) is 26.6. The first-order valence-corrected chi connectivity index (χ1v) is 16.2. The number of anilines is 2. The van der Waals surface area contributed by atoms with Crippen LogP contribution < -0.4 is 21.1 Å². The third-order valence-electron chi connectivity index (χ3n) is 10.1. The summed E-state index contributed by atoms with van der Waals surface area (Å²) >= 11 is 0. The smallest absolute Gasteiger partial charge is 0.253 e. The van der Waals surface area contributed by atoms with Gasteiger partial charge in [0.1, 0.15) is 6.17 Å². The topological polar surface area (TPSA) is 104 Å². The van der Waals surface area contributed by atoms with Crippen molar-refractivity contribution in [2.45, 2.75) is 90.4 Å². The molecule has 2 amide bonds. The van der Waals surface area contributed by atoms with Gasteiger partial charge in [0.2, 0.25) is 5.91 Å². The molecule has 1 aromatic heterocycles. The summed E-state index contributed by atoms with van der Waals surface area (Å²) in [6, 6.07) is 12.2. The minimum Gasteiger partial charge on any atom is -0.381 e. The number of amides is 2. The van der Waals surface area contributed by atoms with Crippen molar-refractivity contribution in [1.82, 2.24) is 10.3 Å². The molecule has 45 heavy (non-hydrogen) atoms. The Morgan fingerprint density at radius 1 is 1.02 bits per heavy atom. The van der Waals surface area contributed by atoms with Crippen molar-refractivity contribution in [2.24, 2.45) is 0 Å². The molecule has 1 saturated carbocycles. The minimum absolute atomic E-state index is 0.0516. The Morgan fingerprint density at radius 3 is 2.44 bits per heavy atom. The third-order valence-corrected chi connectivity index (χ3v) is 10.1. The molecule has 2 aromatic carbocycles. The summed E-state index contributed by atoms with van der Waals surface area (Å²) < 4.78 is 19.7. The maximum Gasteiger partial charge on any atom is 0.253 e. The molecule has 9 heteroatoms. The Hall–Kier alpha value is -3.98. The van der Waals surface area contributed by atoms with E-state index in [1.54, 1.807) is 0 Å². The minimum atomic E-state index is -0.854. The Labute approximate surface area is 263 Å². The van der Waals surface area contributed by atoms with Crippen LogP contribution in [0.5, 0.6) is 0 Å². The largest absolute Gasteiger partial charge is 0.381 e. The fraction of sp³-hybridized carbons (Fsp3) is 0.472. The maximum absolute atomic E-state index is 14.0. The average Bonchev–Trinajstić information content (AvgIpc) is 3.29. The van der Waals surface area contributed by atoms with Gasteiger partial charge in [-0.05, 0) is 118 Å². The van der Waals surface area contributed by atoms with Gasteiger partial charge in [-0.2, -0.15) is 0 Å². The number of aromatic amines is 1. The molecule has 238 valence electrons. The summed E-state index contributed by atoms with van der Waals surface area (Å²) in [4.78, 5) is 44.9. The number of pyridine rings is 1. The fourth-order valence-corrected chi connectivity index (χ4v) is 7.57. The molecule has 1 spiro atoms. The molecular weight excluding hydrogens is 571 g/mol. The predicted molar refractivity (Wildman–Crippen MR) is 175 cm³/mol. The van der Waals surface area contributed by atoms with Crippen LogP contribution >= 0.6 is 0 Å². The number of hydrogen-bond donors (Lipinski definition) is 3. The number of ether oxygens (including phenoxy) is 1. The summed E-state index contributed by atoms with van der Waals surface area (Å²) in [5, 5.41) is 6.09. The number of nitrogens with one attached hydrogen (secondary N) is 3. The van der Waals surface area contributed by atoms with E-state index in [1.807, 2.05) is 51.1 Å². The lowest BCUT2D eigenvalue weighted by Crippen LogP contribution is -2.40. The highest BCUT2D eigenvalue weighted by Gasteiger charge is 2.48. The van der Waals surface area contributed by atoms with Crippen LogP contribution in [-0.2, 0) is 21.5 Å². The van der Waals surface area contributed by atoms with E-state index < -0.39 is 11.6 Å². The molecule has 0 radical (unpaired) electrons. The van der Waals surface area contributed by atoms with Gasteiger partial charge in [0.15, 0.2) is 0 Å². The number of fused-ring (bicyclic) bond motifs is 2. The van der Waals surface area contributed by atoms with E-state index in [4.69, 9.17) is 4.74 Å². The van der Waals surface area contributed by atoms with Crippen molar-refractivity contribution in [2.75, 3.05) is 30.0 Å². The number of alkyl halides is 1. The lowest BCUT2D eigenvalue weighted by atomic mass is 9.69. The molecule has 0 unspecified atom stereocenters. The van der Waals surface area contributed by atoms with Crippen LogP contribution in [-0.4, -0.2) is 48.8 Å². The molecule has 2 aliphatic heterocycles. The standard InChI is InChI=1S/C36H43FN4O4/c1-5-41(27-10-14-45-15-11-27)32-19-25(17-28(23(32)4)33(42)38-20-29-21(2)16-22(3)39-34(29)43)24-6-7-30-31(18-24)40-35(44)36(30)12-8-26(37)9-13-36/h6-7,16-19,26-27H,5,8-15,20H2,1-4H3,(H,38,42)(H,39,43)(H,40,44). The average molecular weight is 615 g/mol. The molecule has 0 bridgehead atoms. The van der Waals surface area contributed by atoms with Crippen LogP contribution in [0.15, 0.2) is 41.2 Å². The molecule has 1 saturated heterocycles. The first-order valence-electron chi connectivity index (χ1n) is 16.2. The highest BCUT2D eigenvalue weighted by Crippen LogP contribution is 2.49. The van der Waals surface area contributed by atoms with Gasteiger partial charge in [0, 0.05) is 60.5 Å². The molecule has 3 N–H and O–H groups in total. The zero-order chi connectivity index (χ0) is 31.9. The second kappa shape index (κ2) is 12.4. The number of aromatic nitrogens is 1. The van der Waals surface area contributed by atoms with Crippen LogP contribution in [0.2, 0.25) is 0 Å². The van der Waals surface area contributed by atoms with Crippen LogP contribution in [0.3, 0.4) is 0 Å². The number of carbonyl (C=O) groups is 2. The number of aryl methyl sites for hydroxylation is 2. The van der Waals surface area contributed by atoms with E-state index in [0.29, 0.717) is 50.0 Å². The van der Waals surface area contributed by atoms with Gasteiger partial charge in [-0.15, -0.1) is 0 Å². The molecule has 2 fully saturated rings. The number of benzene rings is 2. The Balaban J connectivity index is 1.39. The predicted octanol–water partition coefficient (Wildman–Crippen LogP) is 6.00. The highest BCUT2D eigenvalue weighted by atomic mass is 19.1. The maximum atomic E-state index is 14.0. The number of halogens is 1. The van der Waals surface area contributed by atoms with E-state index in [2.05, 4.69) is 33.5 Å². The number of H-pyrrole nitrogens is 1. The van der Waals surface area contributed by atoms with E-state index in [1.165, 1.54) is 0 Å². The second-order valence-electron chi connectivity index (χ2n) is 12.9. The first-order chi connectivity index (χ1) is 21.6. The number of hydrogen-bond acceptors (Lipinski definition) is 5. The first kappa shape index (κ1) is 31.0. The van der Waals surface area contributed by atoms with Crippen molar-refractivity contribution in [3.05, 3.63) is 80.3 Å². The Bertz CT molecular complexity index is 1680. The summed E-state index contributed by atoms with van der Waals surface area (Å²) in [5.41, 5.74) is 7.10. The summed E-state index contributed by atoms with van der Waals surface area (Å²) in [6.45, 7) is 10.1. The van der Waals surface area contributed by atoms with Gasteiger partial charge in [-0.3, -0.25) is 14.4 Å². The second-order valence-corrected chi connectivity index (χ2v) is 12.9. The molecule has 3 heterocycles. The molecule has 8 nitrogen and oxygen atoms in total. The van der Waals surface area contributed by atoms with E-state index in [0.717, 1.165) is 64.3 Å². The van der Waals surface area contributed by atoms with Crippen molar-refractivity contribution in [1.29, 1.82) is 0 Å². The van der Waals surface area contributed by atoms with Gasteiger partial charge in [0.05, 0.1) is 5.41 Å². The fourth-order valence-electron chi connectivity index (χ4n) is 7.57. The van der Waals surface area contributed by atoms with Crippen LogP contribution in [0.25, 0.3) is 11.1 Å². The zero-order valence-electron chi connectivity index (χ0n) is 26.6. The van der Waals surface area contributed by atoms with Crippen LogP contribution in [0, 0.1) is 20.8 Å². The van der Waals surface area contributed by atoms with E-state index in [9.17, 15) is 18.8 Å². The van der Waals surface area contributed by atoms with Crippen molar-refractivity contribution in [3.63, 3.8) is 0 Å². The summed E-state index contributed by atoms with van der Waals surface area (Å²) in [5.74, 6) is -0.307. The quantitative estimate of drug-likeness (QED) is 0.303.